The molecule has 1 amide bonds. The molecule has 0 radical (unpaired) electrons. The number of fused-ring (bicyclic) bond motifs is 1. The Morgan fingerprint density at radius 2 is 1.59 bits per heavy atom. The maximum atomic E-state index is 12.7. The van der Waals surface area contributed by atoms with Crippen molar-refractivity contribution in [3.63, 3.8) is 0 Å². The van der Waals surface area contributed by atoms with Gasteiger partial charge in [-0.05, 0) is 58.5 Å². The van der Waals surface area contributed by atoms with Crippen LogP contribution in [0.1, 0.15) is 54.9 Å². The summed E-state index contributed by atoms with van der Waals surface area (Å²) >= 11 is 0. The summed E-state index contributed by atoms with van der Waals surface area (Å²) in [5.41, 5.74) is 1.83. The number of aliphatic carboxylic acids is 1. The minimum Gasteiger partial charge on any atom is -0.481 e. The van der Waals surface area contributed by atoms with Gasteiger partial charge in [0.1, 0.15) is 0 Å². The number of carboxylic acids is 2. The molecule has 0 aliphatic heterocycles. The van der Waals surface area contributed by atoms with Gasteiger partial charge in [-0.3, -0.25) is 9.59 Å². The first kappa shape index (κ1) is 23.5. The highest BCUT2D eigenvalue weighted by Crippen LogP contribution is 2.39. The van der Waals surface area contributed by atoms with Gasteiger partial charge in [0.25, 0.3) is 0 Å². The van der Waals surface area contributed by atoms with Gasteiger partial charge in [0.2, 0.25) is 5.91 Å². The van der Waals surface area contributed by atoms with E-state index in [-0.39, 0.29) is 18.0 Å². The second-order valence-electron chi connectivity index (χ2n) is 9.14. The molecule has 4 rings (SSSR count). The van der Waals surface area contributed by atoms with E-state index in [1.165, 1.54) is 0 Å². The van der Waals surface area contributed by atoms with Gasteiger partial charge in [-0.15, -0.1) is 0 Å². The normalized spacial score (nSPS) is 14.7. The van der Waals surface area contributed by atoms with Crippen molar-refractivity contribution in [2.45, 2.75) is 45.6 Å². The molecule has 0 atom stereocenters. The standard InChI is InChI=1S/C28H29NO5/c1-2-25(30)29(18-28(27(33)34)13-5-6-14-28)17-19-9-10-21-16-22(12-11-20(21)15-19)23-7-3-4-8-24(23)26(31)32/h3-4,7-12,15-16H,2,5-6,13-14,17-18H2,1H3,(H,31,32)(H,33,34). The summed E-state index contributed by atoms with van der Waals surface area (Å²) < 4.78 is 0. The van der Waals surface area contributed by atoms with E-state index >= 15 is 0 Å². The fourth-order valence-electron chi connectivity index (χ4n) is 5.02. The molecule has 34 heavy (non-hydrogen) atoms. The van der Waals surface area contributed by atoms with E-state index in [2.05, 4.69) is 0 Å². The summed E-state index contributed by atoms with van der Waals surface area (Å²) in [6.45, 7) is 2.40. The second kappa shape index (κ2) is 9.67. The van der Waals surface area contributed by atoms with Crippen molar-refractivity contribution in [3.8, 4) is 11.1 Å². The number of rotatable bonds is 8. The van der Waals surface area contributed by atoms with Gasteiger partial charge >= 0.3 is 11.9 Å². The van der Waals surface area contributed by atoms with E-state index in [4.69, 9.17) is 0 Å². The Kier molecular flexibility index (Phi) is 6.68. The SMILES string of the molecule is CCC(=O)N(Cc1ccc2cc(-c3ccccc3C(=O)O)ccc2c1)CC1(C(=O)O)CCCC1. The van der Waals surface area contributed by atoms with Crippen molar-refractivity contribution in [2.24, 2.45) is 5.41 Å². The van der Waals surface area contributed by atoms with Crippen LogP contribution in [0.4, 0.5) is 0 Å². The maximum absolute atomic E-state index is 12.7. The zero-order valence-electron chi connectivity index (χ0n) is 19.3. The zero-order valence-corrected chi connectivity index (χ0v) is 19.3. The molecule has 1 aliphatic carbocycles. The summed E-state index contributed by atoms with van der Waals surface area (Å²) in [5, 5.41) is 21.3. The number of aromatic carboxylic acids is 1. The van der Waals surface area contributed by atoms with Crippen LogP contribution in [0.25, 0.3) is 21.9 Å². The molecule has 6 nitrogen and oxygen atoms in total. The highest BCUT2D eigenvalue weighted by atomic mass is 16.4. The smallest absolute Gasteiger partial charge is 0.336 e. The molecule has 0 spiro atoms. The van der Waals surface area contributed by atoms with E-state index in [0.717, 1.165) is 34.7 Å². The molecular weight excluding hydrogens is 430 g/mol. The van der Waals surface area contributed by atoms with Gasteiger partial charge in [0.05, 0.1) is 11.0 Å². The number of carbonyl (C=O) groups excluding carboxylic acids is 1. The topological polar surface area (TPSA) is 94.9 Å². The van der Waals surface area contributed by atoms with E-state index < -0.39 is 17.4 Å². The Labute approximate surface area is 198 Å². The molecule has 0 unspecified atom stereocenters. The largest absolute Gasteiger partial charge is 0.481 e. The third kappa shape index (κ3) is 4.67. The first-order valence-electron chi connectivity index (χ1n) is 11.7. The van der Waals surface area contributed by atoms with Crippen LogP contribution in [0.15, 0.2) is 60.7 Å². The van der Waals surface area contributed by atoms with Crippen LogP contribution in [0, 0.1) is 5.41 Å². The fourth-order valence-corrected chi connectivity index (χ4v) is 5.02. The summed E-state index contributed by atoms with van der Waals surface area (Å²) in [6.07, 6.45) is 3.30. The van der Waals surface area contributed by atoms with Gasteiger partial charge in [0, 0.05) is 19.5 Å². The van der Waals surface area contributed by atoms with Crippen molar-refractivity contribution < 1.29 is 24.6 Å². The number of hydrogen-bond donors (Lipinski definition) is 2. The van der Waals surface area contributed by atoms with E-state index in [1.807, 2.05) is 42.5 Å². The van der Waals surface area contributed by atoms with Crippen LogP contribution in [0.3, 0.4) is 0 Å². The van der Waals surface area contributed by atoms with Gasteiger partial charge in [0.15, 0.2) is 0 Å². The van der Waals surface area contributed by atoms with Crippen LogP contribution in [-0.2, 0) is 16.1 Å². The number of nitrogens with zero attached hydrogens (tertiary/aromatic N) is 1. The van der Waals surface area contributed by atoms with E-state index in [0.29, 0.717) is 31.4 Å². The summed E-state index contributed by atoms with van der Waals surface area (Å²) in [7, 11) is 0. The number of carboxylic acid groups (broad SMARTS) is 2. The van der Waals surface area contributed by atoms with Crippen molar-refractivity contribution >= 4 is 28.6 Å². The van der Waals surface area contributed by atoms with Crippen LogP contribution >= 0.6 is 0 Å². The van der Waals surface area contributed by atoms with Gasteiger partial charge in [-0.25, -0.2) is 4.79 Å². The molecule has 0 aromatic heterocycles. The van der Waals surface area contributed by atoms with Crippen LogP contribution in [0.5, 0.6) is 0 Å². The molecule has 0 heterocycles. The molecule has 1 fully saturated rings. The quantitative estimate of drug-likeness (QED) is 0.458. The average molecular weight is 460 g/mol. The molecule has 2 N–H and O–H groups in total. The minimum atomic E-state index is -0.965. The fraction of sp³-hybridized carbons (Fsp3) is 0.321. The lowest BCUT2D eigenvalue weighted by molar-refractivity contribution is -0.151. The second-order valence-corrected chi connectivity index (χ2v) is 9.14. The maximum Gasteiger partial charge on any atom is 0.336 e. The van der Waals surface area contributed by atoms with Crippen LogP contribution < -0.4 is 0 Å². The van der Waals surface area contributed by atoms with Crippen LogP contribution in [0.2, 0.25) is 0 Å². The summed E-state index contributed by atoms with van der Waals surface area (Å²) in [6, 6.07) is 18.7. The number of amides is 1. The number of benzene rings is 3. The minimum absolute atomic E-state index is 0.0479. The zero-order chi connectivity index (χ0) is 24.3. The molecule has 3 aromatic rings. The Bertz CT molecular complexity index is 1240. The van der Waals surface area contributed by atoms with Crippen molar-refractivity contribution in [1.82, 2.24) is 4.90 Å². The lowest BCUT2D eigenvalue weighted by atomic mass is 9.85. The Balaban J connectivity index is 1.62. The lowest BCUT2D eigenvalue weighted by Crippen LogP contribution is -2.43. The Morgan fingerprint density at radius 3 is 2.26 bits per heavy atom. The molecule has 3 aromatic carbocycles. The first-order valence-corrected chi connectivity index (χ1v) is 11.7. The summed E-state index contributed by atoms with van der Waals surface area (Å²) in [4.78, 5) is 38.0. The molecule has 176 valence electrons. The number of hydrogen-bond acceptors (Lipinski definition) is 3. The van der Waals surface area contributed by atoms with Crippen molar-refractivity contribution in [2.75, 3.05) is 6.54 Å². The molecule has 1 saturated carbocycles. The third-order valence-electron chi connectivity index (χ3n) is 6.91. The van der Waals surface area contributed by atoms with E-state index in [1.54, 1.807) is 30.0 Å². The molecule has 6 heteroatoms. The van der Waals surface area contributed by atoms with E-state index in [9.17, 15) is 24.6 Å². The summed E-state index contributed by atoms with van der Waals surface area (Å²) in [5.74, 6) is -1.83. The Hall–Kier alpha value is -3.67. The monoisotopic (exact) mass is 459 g/mol. The predicted octanol–water partition coefficient (Wildman–Crippen LogP) is 5.59. The predicted molar refractivity (Wildman–Crippen MR) is 131 cm³/mol. The average Bonchev–Trinajstić information content (AvgIpc) is 3.33. The van der Waals surface area contributed by atoms with Gasteiger partial charge in [-0.2, -0.15) is 0 Å². The molecule has 0 bridgehead atoms. The van der Waals surface area contributed by atoms with Crippen LogP contribution in [-0.4, -0.2) is 39.5 Å². The third-order valence-corrected chi connectivity index (χ3v) is 6.91. The Morgan fingerprint density at radius 1 is 0.912 bits per heavy atom. The highest BCUT2D eigenvalue weighted by Gasteiger charge is 2.43. The van der Waals surface area contributed by atoms with Gasteiger partial charge < -0.3 is 15.1 Å². The molecule has 0 saturated heterocycles. The number of carbonyl (C=O) groups is 3. The highest BCUT2D eigenvalue weighted by molar-refractivity contribution is 5.98. The first-order chi connectivity index (χ1) is 16.3. The van der Waals surface area contributed by atoms with Crippen molar-refractivity contribution in [1.29, 1.82) is 0 Å². The molecular formula is C28H29NO5. The lowest BCUT2D eigenvalue weighted by Gasteiger charge is -2.32. The van der Waals surface area contributed by atoms with Crippen molar-refractivity contribution in [3.05, 3.63) is 71.8 Å². The molecule has 1 aliphatic rings. The van der Waals surface area contributed by atoms with Gasteiger partial charge in [-0.1, -0.05) is 62.2 Å².